The Morgan fingerprint density at radius 2 is 1.47 bits per heavy atom. The van der Waals surface area contributed by atoms with Crippen molar-refractivity contribution in [3.8, 4) is 0 Å². The number of esters is 1. The highest BCUT2D eigenvalue weighted by Gasteiger charge is 2.22. The molecule has 2 heterocycles. The molecule has 0 bridgehead atoms. The van der Waals surface area contributed by atoms with Crippen molar-refractivity contribution in [2.24, 2.45) is 4.99 Å². The van der Waals surface area contributed by atoms with Crippen LogP contribution in [0.25, 0.3) is 0 Å². The lowest BCUT2D eigenvalue weighted by Crippen LogP contribution is -2.33. The number of hydrogen-bond acceptors (Lipinski definition) is 11. The molecule has 0 atom stereocenters. The van der Waals surface area contributed by atoms with Crippen LogP contribution in [0.15, 0.2) is 89.7 Å². The SMILES string of the molecule is CN(CCOCCOCCOCCC(=O)OC(C)(C)C)C(=O)c1cccc(C(=O)Nc2ccc(N3CCCCC3)cc2C(=O)NC2=CNC(c3ccccc3)=NC2)c1. The van der Waals surface area contributed by atoms with E-state index in [0.717, 1.165) is 37.2 Å². The molecule has 0 saturated carbocycles. The molecule has 0 aliphatic carbocycles. The first-order valence-electron chi connectivity index (χ1n) is 19.8. The molecule has 1 saturated heterocycles. The summed E-state index contributed by atoms with van der Waals surface area (Å²) in [5.41, 5.74) is 3.21. The highest BCUT2D eigenvalue weighted by Crippen LogP contribution is 2.27. The van der Waals surface area contributed by atoms with Crippen LogP contribution in [0.4, 0.5) is 11.4 Å². The third-order valence-corrected chi connectivity index (χ3v) is 9.23. The number of likely N-dealkylation sites (N-methyl/N-ethyl adjacent to an activating group) is 1. The molecule has 5 rings (SSSR count). The molecule has 0 unspecified atom stereocenters. The van der Waals surface area contributed by atoms with E-state index in [0.29, 0.717) is 67.9 Å². The summed E-state index contributed by atoms with van der Waals surface area (Å²) in [6.07, 6.45) is 5.24. The van der Waals surface area contributed by atoms with Crippen LogP contribution >= 0.6 is 0 Å². The summed E-state index contributed by atoms with van der Waals surface area (Å²) in [5, 5.41) is 9.06. The van der Waals surface area contributed by atoms with Gasteiger partial charge in [0, 0.05) is 55.3 Å². The van der Waals surface area contributed by atoms with Crippen molar-refractivity contribution in [2.45, 2.75) is 52.1 Å². The molecule has 3 amide bonds. The van der Waals surface area contributed by atoms with Crippen LogP contribution < -0.4 is 20.9 Å². The van der Waals surface area contributed by atoms with E-state index in [9.17, 15) is 19.2 Å². The molecule has 1 fully saturated rings. The normalized spacial score (nSPS) is 14.1. The summed E-state index contributed by atoms with van der Waals surface area (Å²) < 4.78 is 21.8. The molecule has 0 aromatic heterocycles. The second-order valence-electron chi connectivity index (χ2n) is 15.0. The van der Waals surface area contributed by atoms with E-state index in [1.165, 1.54) is 11.3 Å². The van der Waals surface area contributed by atoms with Crippen molar-refractivity contribution in [3.63, 3.8) is 0 Å². The number of nitrogens with one attached hydrogen (secondary N) is 3. The Labute approximate surface area is 340 Å². The number of carbonyl (C=O) groups excluding carboxylic acids is 4. The van der Waals surface area contributed by atoms with Gasteiger partial charge in [-0.05, 0) is 76.4 Å². The zero-order chi connectivity index (χ0) is 41.3. The van der Waals surface area contributed by atoms with Gasteiger partial charge in [0.2, 0.25) is 0 Å². The van der Waals surface area contributed by atoms with Crippen molar-refractivity contribution in [1.82, 2.24) is 15.5 Å². The first kappa shape index (κ1) is 43.6. The van der Waals surface area contributed by atoms with Gasteiger partial charge >= 0.3 is 5.97 Å². The second-order valence-corrected chi connectivity index (χ2v) is 15.0. The van der Waals surface area contributed by atoms with Crippen LogP contribution in [0.5, 0.6) is 0 Å². The Kier molecular flexibility index (Phi) is 16.4. The van der Waals surface area contributed by atoms with Gasteiger partial charge in [-0.2, -0.15) is 0 Å². The van der Waals surface area contributed by atoms with E-state index in [1.807, 2.05) is 63.2 Å². The molecule has 58 heavy (non-hydrogen) atoms. The van der Waals surface area contributed by atoms with Gasteiger partial charge in [-0.25, -0.2) is 0 Å². The number of amides is 3. The van der Waals surface area contributed by atoms with E-state index in [2.05, 4.69) is 25.8 Å². The summed E-state index contributed by atoms with van der Waals surface area (Å²) in [7, 11) is 1.67. The smallest absolute Gasteiger partial charge is 0.308 e. The van der Waals surface area contributed by atoms with Gasteiger partial charge in [0.05, 0.1) is 69.6 Å². The zero-order valence-electron chi connectivity index (χ0n) is 34.0. The third-order valence-electron chi connectivity index (χ3n) is 9.23. The average Bonchev–Trinajstić information content (AvgIpc) is 3.22. The van der Waals surface area contributed by atoms with Gasteiger partial charge in [0.25, 0.3) is 17.7 Å². The number of piperidine rings is 1. The first-order chi connectivity index (χ1) is 28.0. The maximum absolute atomic E-state index is 13.8. The van der Waals surface area contributed by atoms with E-state index < -0.39 is 11.5 Å². The maximum Gasteiger partial charge on any atom is 0.308 e. The lowest BCUT2D eigenvalue weighted by atomic mass is 10.1. The van der Waals surface area contributed by atoms with E-state index >= 15 is 0 Å². The van der Waals surface area contributed by atoms with Crippen LogP contribution in [0, 0.1) is 0 Å². The molecule has 3 N–H and O–H groups in total. The molecule has 310 valence electrons. The molecule has 14 heteroatoms. The van der Waals surface area contributed by atoms with Crippen molar-refractivity contribution >= 4 is 40.9 Å². The minimum Gasteiger partial charge on any atom is -0.460 e. The van der Waals surface area contributed by atoms with Crippen LogP contribution in [-0.4, -0.2) is 113 Å². The molecule has 14 nitrogen and oxygen atoms in total. The fourth-order valence-corrected chi connectivity index (χ4v) is 6.25. The highest BCUT2D eigenvalue weighted by atomic mass is 16.6. The fourth-order valence-electron chi connectivity index (χ4n) is 6.25. The molecular weight excluding hydrogens is 741 g/mol. The van der Waals surface area contributed by atoms with Gasteiger partial charge in [-0.1, -0.05) is 36.4 Å². The summed E-state index contributed by atoms with van der Waals surface area (Å²) in [6, 6.07) is 21.7. The molecule has 3 aromatic carbocycles. The monoisotopic (exact) mass is 796 g/mol. The summed E-state index contributed by atoms with van der Waals surface area (Å²) in [6.45, 7) is 9.83. The number of rotatable bonds is 19. The van der Waals surface area contributed by atoms with Crippen molar-refractivity contribution < 1.29 is 38.1 Å². The van der Waals surface area contributed by atoms with Gasteiger partial charge in [-0.3, -0.25) is 24.2 Å². The molecule has 3 aromatic rings. The maximum atomic E-state index is 13.8. The standard InChI is InChI=1S/C44H56N6O8/c1-44(2,3)58-39(51)18-22-55-24-26-57-27-25-56-23-21-49(4)43(54)34-15-11-14-33(28-34)41(52)48-38-17-16-36(50-19-9-6-10-20-50)29-37(38)42(53)47-35-30-45-40(46-31-35)32-12-7-5-8-13-32/h5,7-8,11-17,28-30H,6,9-10,18-27,31H2,1-4H3,(H,45,46)(H,47,53)(H,48,52). The number of carbonyl (C=O) groups is 4. The second kappa shape index (κ2) is 21.8. The third kappa shape index (κ3) is 13.8. The van der Waals surface area contributed by atoms with Crippen LogP contribution in [-0.2, 0) is 23.7 Å². The first-order valence-corrected chi connectivity index (χ1v) is 19.8. The average molecular weight is 797 g/mol. The predicted octanol–water partition coefficient (Wildman–Crippen LogP) is 5.40. The quantitative estimate of drug-likeness (QED) is 0.106. The van der Waals surface area contributed by atoms with Crippen molar-refractivity contribution in [2.75, 3.05) is 83.1 Å². The number of aliphatic imine (C=N–C) groups is 1. The number of benzene rings is 3. The Hall–Kier alpha value is -5.57. The van der Waals surface area contributed by atoms with Gasteiger partial charge in [0.15, 0.2) is 0 Å². The molecule has 2 aliphatic heterocycles. The molecule has 0 radical (unpaired) electrons. The van der Waals surface area contributed by atoms with Gasteiger partial charge in [0.1, 0.15) is 11.4 Å². The van der Waals surface area contributed by atoms with E-state index in [1.54, 1.807) is 43.6 Å². The number of hydrogen-bond donors (Lipinski definition) is 3. The fraction of sp³-hybridized carbons (Fsp3) is 0.432. The van der Waals surface area contributed by atoms with E-state index in [4.69, 9.17) is 18.9 Å². The van der Waals surface area contributed by atoms with Gasteiger partial charge < -0.3 is 44.7 Å². The van der Waals surface area contributed by atoms with Crippen molar-refractivity contribution in [3.05, 3.63) is 107 Å². The topological polar surface area (TPSA) is 160 Å². The van der Waals surface area contributed by atoms with Crippen LogP contribution in [0.2, 0.25) is 0 Å². The van der Waals surface area contributed by atoms with E-state index in [-0.39, 0.29) is 42.9 Å². The number of amidine groups is 1. The highest BCUT2D eigenvalue weighted by molar-refractivity contribution is 6.10. The molecule has 2 aliphatic rings. The Morgan fingerprint density at radius 3 is 2.16 bits per heavy atom. The summed E-state index contributed by atoms with van der Waals surface area (Å²) in [5.74, 6) is -0.679. The largest absolute Gasteiger partial charge is 0.460 e. The number of anilines is 2. The zero-order valence-corrected chi connectivity index (χ0v) is 34.0. The Morgan fingerprint density at radius 1 is 0.776 bits per heavy atom. The Bertz CT molecular complexity index is 1920. The van der Waals surface area contributed by atoms with Crippen LogP contribution in [0.1, 0.15) is 83.1 Å². The number of nitrogens with zero attached hydrogens (tertiary/aromatic N) is 3. The lowest BCUT2D eigenvalue weighted by Gasteiger charge is -2.29. The molecular formula is C44H56N6O8. The summed E-state index contributed by atoms with van der Waals surface area (Å²) >= 11 is 0. The number of ether oxygens (including phenoxy) is 4. The predicted molar refractivity (Wildman–Crippen MR) is 223 cm³/mol. The molecule has 0 spiro atoms. The minimum atomic E-state index is -0.516. The Balaban J connectivity index is 1.10. The minimum absolute atomic E-state index is 0.184. The van der Waals surface area contributed by atoms with Crippen molar-refractivity contribution in [1.29, 1.82) is 0 Å². The van der Waals surface area contributed by atoms with Crippen LogP contribution in [0.3, 0.4) is 0 Å². The lowest BCUT2D eigenvalue weighted by molar-refractivity contribution is -0.156. The van der Waals surface area contributed by atoms with Gasteiger partial charge in [-0.15, -0.1) is 0 Å². The summed E-state index contributed by atoms with van der Waals surface area (Å²) in [4.78, 5) is 60.9.